The second-order valence-electron chi connectivity index (χ2n) is 7.08. The molecule has 1 aliphatic rings. The maximum atomic E-state index is 12.7. The molecule has 1 saturated heterocycles. The molecular formula is C21H21N5O2. The molecule has 0 saturated carbocycles. The lowest BCUT2D eigenvalue weighted by Crippen LogP contribution is -2.28. The molecule has 7 heteroatoms. The molecule has 1 aromatic heterocycles. The van der Waals surface area contributed by atoms with Gasteiger partial charge in [-0.1, -0.05) is 29.8 Å². The van der Waals surface area contributed by atoms with Gasteiger partial charge in [-0.25, -0.2) is 0 Å². The Morgan fingerprint density at radius 3 is 2.68 bits per heavy atom. The Kier molecular flexibility index (Phi) is 4.65. The zero-order valence-corrected chi connectivity index (χ0v) is 15.8. The van der Waals surface area contributed by atoms with Gasteiger partial charge in [0.25, 0.3) is 0 Å². The summed E-state index contributed by atoms with van der Waals surface area (Å²) in [5.41, 5.74) is 3.50. The number of amides is 2. The third-order valence-electron chi connectivity index (χ3n) is 4.94. The Morgan fingerprint density at radius 1 is 1.18 bits per heavy atom. The first-order chi connectivity index (χ1) is 13.5. The van der Waals surface area contributed by atoms with E-state index in [9.17, 15) is 9.59 Å². The molecule has 0 aliphatic carbocycles. The average Bonchev–Trinajstić information content (AvgIpc) is 3.28. The first-order valence-corrected chi connectivity index (χ1v) is 9.13. The maximum absolute atomic E-state index is 12.7. The van der Waals surface area contributed by atoms with E-state index in [1.54, 1.807) is 11.2 Å². The molecule has 0 spiro atoms. The second kappa shape index (κ2) is 7.26. The van der Waals surface area contributed by atoms with E-state index < -0.39 is 0 Å². The molecule has 1 aliphatic heterocycles. The fourth-order valence-electron chi connectivity index (χ4n) is 3.38. The molecule has 1 atom stereocenters. The summed E-state index contributed by atoms with van der Waals surface area (Å²) in [4.78, 5) is 26.8. The monoisotopic (exact) mass is 375 g/mol. The maximum Gasteiger partial charge on any atom is 0.229 e. The van der Waals surface area contributed by atoms with Gasteiger partial charge in [0.1, 0.15) is 6.33 Å². The Morgan fingerprint density at radius 2 is 1.96 bits per heavy atom. The highest BCUT2D eigenvalue weighted by molar-refractivity contribution is 6.03. The van der Waals surface area contributed by atoms with E-state index in [0.29, 0.717) is 12.2 Å². The number of nitrogens with zero attached hydrogens (tertiary/aromatic N) is 4. The molecule has 142 valence electrons. The van der Waals surface area contributed by atoms with E-state index in [1.165, 1.54) is 0 Å². The third-order valence-corrected chi connectivity index (χ3v) is 4.94. The highest BCUT2D eigenvalue weighted by Gasteiger charge is 2.35. The number of aryl methyl sites for hydroxylation is 2. The van der Waals surface area contributed by atoms with Gasteiger partial charge in [0.05, 0.1) is 5.92 Å². The van der Waals surface area contributed by atoms with Crippen molar-refractivity contribution in [3.8, 4) is 11.4 Å². The van der Waals surface area contributed by atoms with Crippen molar-refractivity contribution >= 4 is 23.2 Å². The fraction of sp³-hybridized carbons (Fsp3) is 0.238. The normalized spacial score (nSPS) is 16.4. The number of anilines is 2. The molecule has 7 nitrogen and oxygen atoms in total. The lowest BCUT2D eigenvalue weighted by atomic mass is 10.1. The number of carbonyl (C=O) groups is 2. The van der Waals surface area contributed by atoms with Gasteiger partial charge in [-0.05, 0) is 31.2 Å². The van der Waals surface area contributed by atoms with Crippen LogP contribution in [0.25, 0.3) is 11.4 Å². The van der Waals surface area contributed by atoms with E-state index in [-0.39, 0.29) is 24.2 Å². The SMILES string of the molecule is Cc1ccc(N2CC(C(=O)Nc3cccc(-c4nncn4C)c3)CC2=O)cc1. The van der Waals surface area contributed by atoms with Gasteiger partial charge < -0.3 is 14.8 Å². The molecule has 2 heterocycles. The molecule has 1 fully saturated rings. The van der Waals surface area contributed by atoms with Crippen LogP contribution in [-0.2, 0) is 16.6 Å². The number of carbonyl (C=O) groups excluding carboxylic acids is 2. The highest BCUT2D eigenvalue weighted by Crippen LogP contribution is 2.27. The quantitative estimate of drug-likeness (QED) is 0.760. The second-order valence-corrected chi connectivity index (χ2v) is 7.08. The summed E-state index contributed by atoms with van der Waals surface area (Å²) in [6, 6.07) is 15.2. The largest absolute Gasteiger partial charge is 0.326 e. The summed E-state index contributed by atoms with van der Waals surface area (Å²) >= 11 is 0. The van der Waals surface area contributed by atoms with Crippen LogP contribution in [0.4, 0.5) is 11.4 Å². The van der Waals surface area contributed by atoms with E-state index in [4.69, 9.17) is 0 Å². The van der Waals surface area contributed by atoms with Gasteiger partial charge in [0.2, 0.25) is 11.8 Å². The number of benzene rings is 2. The molecule has 1 N–H and O–H groups in total. The summed E-state index contributed by atoms with van der Waals surface area (Å²) in [5, 5.41) is 10.9. The molecule has 4 rings (SSSR count). The van der Waals surface area contributed by atoms with Crippen molar-refractivity contribution in [3.63, 3.8) is 0 Å². The van der Waals surface area contributed by atoms with Gasteiger partial charge in [-0.2, -0.15) is 0 Å². The molecule has 0 radical (unpaired) electrons. The first-order valence-electron chi connectivity index (χ1n) is 9.13. The number of rotatable bonds is 4. The fourth-order valence-corrected chi connectivity index (χ4v) is 3.38. The topological polar surface area (TPSA) is 80.1 Å². The average molecular weight is 375 g/mol. The smallest absolute Gasteiger partial charge is 0.229 e. The van der Waals surface area contributed by atoms with Gasteiger partial charge in [-0.15, -0.1) is 10.2 Å². The van der Waals surface area contributed by atoms with Gasteiger partial charge in [0.15, 0.2) is 5.82 Å². The van der Waals surface area contributed by atoms with Crippen molar-refractivity contribution < 1.29 is 9.59 Å². The molecule has 1 unspecified atom stereocenters. The minimum absolute atomic E-state index is 0.0307. The Bertz CT molecular complexity index is 1030. The van der Waals surface area contributed by atoms with E-state index in [1.807, 2.05) is 67.1 Å². The van der Waals surface area contributed by atoms with Crippen LogP contribution in [0.1, 0.15) is 12.0 Å². The Hall–Kier alpha value is -3.48. The standard InChI is InChI=1S/C21H21N5O2/c1-14-6-8-18(9-7-14)26-12-16(11-19(26)27)21(28)23-17-5-3-4-15(10-17)20-24-22-13-25(20)2/h3-10,13,16H,11-12H2,1-2H3,(H,23,28). The van der Waals surface area contributed by atoms with Crippen LogP contribution in [0.5, 0.6) is 0 Å². The predicted octanol–water partition coefficient (Wildman–Crippen LogP) is 2.78. The molecule has 28 heavy (non-hydrogen) atoms. The van der Waals surface area contributed by atoms with Crippen molar-refractivity contribution in [2.45, 2.75) is 13.3 Å². The number of hydrogen-bond acceptors (Lipinski definition) is 4. The molecule has 3 aromatic rings. The number of hydrogen-bond donors (Lipinski definition) is 1. The minimum atomic E-state index is -0.382. The Labute approximate surface area is 163 Å². The summed E-state index contributed by atoms with van der Waals surface area (Å²) in [5.74, 6) is 0.153. The van der Waals surface area contributed by atoms with Gasteiger partial charge in [-0.3, -0.25) is 9.59 Å². The first kappa shape index (κ1) is 17.9. The lowest BCUT2D eigenvalue weighted by molar-refractivity contribution is -0.122. The molecule has 0 bridgehead atoms. The van der Waals surface area contributed by atoms with Crippen LogP contribution < -0.4 is 10.2 Å². The van der Waals surface area contributed by atoms with Crippen LogP contribution in [-0.4, -0.2) is 33.1 Å². The van der Waals surface area contributed by atoms with E-state index >= 15 is 0 Å². The van der Waals surface area contributed by atoms with Crippen molar-refractivity contribution in [3.05, 3.63) is 60.4 Å². The predicted molar refractivity (Wildman–Crippen MR) is 107 cm³/mol. The lowest BCUT2D eigenvalue weighted by Gasteiger charge is -2.17. The number of aromatic nitrogens is 3. The van der Waals surface area contributed by atoms with Crippen molar-refractivity contribution in [2.24, 2.45) is 13.0 Å². The van der Waals surface area contributed by atoms with E-state index in [0.717, 1.165) is 22.6 Å². The van der Waals surface area contributed by atoms with Crippen LogP contribution in [0.2, 0.25) is 0 Å². The van der Waals surface area contributed by atoms with Crippen molar-refractivity contribution in [1.29, 1.82) is 0 Å². The Balaban J connectivity index is 1.47. The van der Waals surface area contributed by atoms with Crippen molar-refractivity contribution in [1.82, 2.24) is 14.8 Å². The van der Waals surface area contributed by atoms with E-state index in [2.05, 4.69) is 15.5 Å². The molecule has 2 aromatic carbocycles. The van der Waals surface area contributed by atoms with Crippen LogP contribution in [0, 0.1) is 12.8 Å². The van der Waals surface area contributed by atoms with Gasteiger partial charge in [0, 0.05) is 37.0 Å². The highest BCUT2D eigenvalue weighted by atomic mass is 16.2. The molecular weight excluding hydrogens is 354 g/mol. The summed E-state index contributed by atoms with van der Waals surface area (Å²) in [6.07, 6.45) is 1.84. The van der Waals surface area contributed by atoms with Crippen LogP contribution in [0.15, 0.2) is 54.9 Å². The zero-order chi connectivity index (χ0) is 19.7. The zero-order valence-electron chi connectivity index (χ0n) is 15.8. The third kappa shape index (κ3) is 3.51. The van der Waals surface area contributed by atoms with Crippen molar-refractivity contribution in [2.75, 3.05) is 16.8 Å². The summed E-state index contributed by atoms with van der Waals surface area (Å²) in [7, 11) is 1.87. The van der Waals surface area contributed by atoms with Crippen LogP contribution >= 0.6 is 0 Å². The summed E-state index contributed by atoms with van der Waals surface area (Å²) in [6.45, 7) is 2.39. The number of nitrogens with one attached hydrogen (secondary N) is 1. The van der Waals surface area contributed by atoms with Gasteiger partial charge >= 0.3 is 0 Å². The molecule has 2 amide bonds. The minimum Gasteiger partial charge on any atom is -0.326 e. The van der Waals surface area contributed by atoms with Crippen LogP contribution in [0.3, 0.4) is 0 Å². The summed E-state index contributed by atoms with van der Waals surface area (Å²) < 4.78 is 1.82.